The number of imidazole rings is 1. The van der Waals surface area contributed by atoms with E-state index in [2.05, 4.69) is 30.6 Å². The van der Waals surface area contributed by atoms with E-state index >= 15 is 0 Å². The van der Waals surface area contributed by atoms with Crippen LogP contribution in [0.15, 0.2) is 61.1 Å². The zero-order chi connectivity index (χ0) is 22.4. The molecule has 3 N–H and O–H groups in total. The number of hydrogen-bond acceptors (Lipinski definition) is 6. The van der Waals surface area contributed by atoms with Crippen LogP contribution in [0.1, 0.15) is 40.5 Å². The highest BCUT2D eigenvalue weighted by Gasteiger charge is 2.27. The van der Waals surface area contributed by atoms with Crippen LogP contribution in [-0.2, 0) is 0 Å². The van der Waals surface area contributed by atoms with E-state index in [1.165, 1.54) is 0 Å². The van der Waals surface area contributed by atoms with Crippen LogP contribution in [0.2, 0.25) is 0 Å². The number of nitrogens with zero attached hydrogens (tertiary/aromatic N) is 4. The van der Waals surface area contributed by atoms with Crippen molar-refractivity contribution in [1.29, 1.82) is 0 Å². The largest absolute Gasteiger partial charge is 0.342 e. The van der Waals surface area contributed by atoms with Crippen LogP contribution in [0.4, 0.5) is 17.3 Å². The van der Waals surface area contributed by atoms with E-state index in [1.54, 1.807) is 24.5 Å². The van der Waals surface area contributed by atoms with Crippen molar-refractivity contribution in [2.24, 2.45) is 0 Å². The van der Waals surface area contributed by atoms with Gasteiger partial charge in [-0.15, -0.1) is 0 Å². The number of H-pyrrole nitrogens is 1. The van der Waals surface area contributed by atoms with Gasteiger partial charge in [-0.2, -0.15) is 0 Å². The summed E-state index contributed by atoms with van der Waals surface area (Å²) in [6.45, 7) is 2.03. The number of amides is 1. The highest BCUT2D eigenvalue weighted by molar-refractivity contribution is 6.08. The monoisotopic (exact) mass is 435 g/mol. The van der Waals surface area contributed by atoms with E-state index in [4.69, 9.17) is 4.98 Å². The SMILES string of the molecule is Cc1cccc2cnc(Nc3cc(NC(=O)c4cccnc4)c4nc(C5CC5)[nH]c4c3)nc12. The second-order valence-corrected chi connectivity index (χ2v) is 8.34. The van der Waals surface area contributed by atoms with Crippen molar-refractivity contribution in [3.63, 3.8) is 0 Å². The lowest BCUT2D eigenvalue weighted by molar-refractivity contribution is 0.102. The lowest BCUT2D eigenvalue weighted by atomic mass is 10.1. The maximum Gasteiger partial charge on any atom is 0.257 e. The summed E-state index contributed by atoms with van der Waals surface area (Å²) < 4.78 is 0. The summed E-state index contributed by atoms with van der Waals surface area (Å²) >= 11 is 0. The van der Waals surface area contributed by atoms with Crippen molar-refractivity contribution >= 4 is 45.2 Å². The molecule has 1 amide bonds. The molecule has 1 aliphatic carbocycles. The Kier molecular flexibility index (Phi) is 4.50. The molecule has 5 aromatic rings. The predicted molar refractivity (Wildman–Crippen MR) is 128 cm³/mol. The Morgan fingerprint density at radius 2 is 1.97 bits per heavy atom. The zero-order valence-electron chi connectivity index (χ0n) is 18.0. The lowest BCUT2D eigenvalue weighted by Gasteiger charge is -2.11. The fourth-order valence-corrected chi connectivity index (χ4v) is 3.94. The van der Waals surface area contributed by atoms with Crippen LogP contribution in [-0.4, -0.2) is 30.8 Å². The number of aromatic amines is 1. The molecule has 8 nitrogen and oxygen atoms in total. The summed E-state index contributed by atoms with van der Waals surface area (Å²) in [7, 11) is 0. The summed E-state index contributed by atoms with van der Waals surface area (Å²) in [5.74, 6) is 1.66. The van der Waals surface area contributed by atoms with E-state index < -0.39 is 0 Å². The molecular formula is C25H21N7O. The second kappa shape index (κ2) is 7.67. The minimum absolute atomic E-state index is 0.241. The summed E-state index contributed by atoms with van der Waals surface area (Å²) in [5, 5.41) is 7.27. The number of hydrogen-bond donors (Lipinski definition) is 3. The van der Waals surface area contributed by atoms with Gasteiger partial charge in [0.15, 0.2) is 0 Å². The number of aromatic nitrogens is 5. The number of para-hydroxylation sites is 1. The third-order valence-corrected chi connectivity index (χ3v) is 5.81. The molecule has 33 heavy (non-hydrogen) atoms. The molecule has 3 aromatic heterocycles. The van der Waals surface area contributed by atoms with Gasteiger partial charge in [0.05, 0.1) is 22.3 Å². The van der Waals surface area contributed by atoms with E-state index in [-0.39, 0.29) is 5.91 Å². The highest BCUT2D eigenvalue weighted by Crippen LogP contribution is 2.40. The molecule has 2 aromatic carbocycles. The molecule has 0 atom stereocenters. The van der Waals surface area contributed by atoms with Gasteiger partial charge in [-0.25, -0.2) is 15.0 Å². The molecule has 162 valence electrons. The minimum Gasteiger partial charge on any atom is -0.342 e. The fourth-order valence-electron chi connectivity index (χ4n) is 3.94. The Balaban J connectivity index is 1.39. The van der Waals surface area contributed by atoms with Crippen molar-refractivity contribution in [3.8, 4) is 0 Å². The fraction of sp³-hybridized carbons (Fsp3) is 0.160. The molecule has 0 saturated heterocycles. The average Bonchev–Trinajstić information content (AvgIpc) is 3.59. The number of carbonyl (C=O) groups excluding carboxylic acids is 1. The molecule has 6 rings (SSSR count). The first-order chi connectivity index (χ1) is 16.1. The number of aryl methyl sites for hydroxylation is 1. The minimum atomic E-state index is -0.241. The molecule has 0 bridgehead atoms. The van der Waals surface area contributed by atoms with E-state index in [0.29, 0.717) is 23.1 Å². The van der Waals surface area contributed by atoms with Gasteiger partial charge in [0.25, 0.3) is 5.91 Å². The van der Waals surface area contributed by atoms with Gasteiger partial charge >= 0.3 is 0 Å². The summed E-state index contributed by atoms with van der Waals surface area (Å²) in [6, 6.07) is 13.3. The Labute approximate surface area is 189 Å². The van der Waals surface area contributed by atoms with Gasteiger partial charge in [-0.1, -0.05) is 18.2 Å². The first-order valence-electron chi connectivity index (χ1n) is 10.9. The number of pyridine rings is 1. The standard InChI is InChI=1S/C25H21N7O/c1-14-4-2-5-16-13-27-25(32-21(14)16)28-18-10-19-22(31-23(29-19)15-7-8-15)20(11-18)30-24(33)17-6-3-9-26-12-17/h2-6,9-13,15H,7-8H2,1H3,(H,29,31)(H,30,33)(H,27,28,32). The van der Waals surface area contributed by atoms with E-state index in [0.717, 1.165) is 51.9 Å². The van der Waals surface area contributed by atoms with Crippen molar-refractivity contribution in [2.45, 2.75) is 25.7 Å². The first kappa shape index (κ1) is 19.4. The van der Waals surface area contributed by atoms with Gasteiger partial charge in [-0.3, -0.25) is 9.78 Å². The van der Waals surface area contributed by atoms with Crippen LogP contribution < -0.4 is 10.6 Å². The molecule has 0 spiro atoms. The maximum absolute atomic E-state index is 12.8. The molecule has 3 heterocycles. The third kappa shape index (κ3) is 3.76. The second-order valence-electron chi connectivity index (χ2n) is 8.34. The number of nitrogens with one attached hydrogen (secondary N) is 3. The van der Waals surface area contributed by atoms with Crippen LogP contribution in [0.5, 0.6) is 0 Å². The van der Waals surface area contributed by atoms with Crippen LogP contribution >= 0.6 is 0 Å². The Morgan fingerprint density at radius 3 is 2.79 bits per heavy atom. The average molecular weight is 435 g/mol. The predicted octanol–water partition coefficient (Wildman–Crippen LogP) is 5.08. The molecule has 1 saturated carbocycles. The highest BCUT2D eigenvalue weighted by atomic mass is 16.1. The number of carbonyl (C=O) groups is 1. The Morgan fingerprint density at radius 1 is 1.06 bits per heavy atom. The summed E-state index contributed by atoms with van der Waals surface area (Å²) in [4.78, 5) is 34.2. The topological polar surface area (TPSA) is 108 Å². The number of anilines is 3. The zero-order valence-corrected chi connectivity index (χ0v) is 18.0. The third-order valence-electron chi connectivity index (χ3n) is 5.81. The molecule has 1 aliphatic rings. The Bertz CT molecular complexity index is 1510. The van der Waals surface area contributed by atoms with Gasteiger partial charge in [0.1, 0.15) is 11.3 Å². The molecule has 0 aliphatic heterocycles. The first-order valence-corrected chi connectivity index (χ1v) is 10.9. The van der Waals surface area contributed by atoms with Gasteiger partial charge < -0.3 is 15.6 Å². The van der Waals surface area contributed by atoms with Crippen molar-refractivity contribution in [1.82, 2.24) is 24.9 Å². The van der Waals surface area contributed by atoms with E-state index in [9.17, 15) is 4.79 Å². The van der Waals surface area contributed by atoms with Crippen LogP contribution in [0, 0.1) is 6.92 Å². The molecule has 0 unspecified atom stereocenters. The van der Waals surface area contributed by atoms with Crippen LogP contribution in [0.25, 0.3) is 21.9 Å². The number of rotatable bonds is 5. The van der Waals surface area contributed by atoms with Gasteiger partial charge in [0.2, 0.25) is 5.95 Å². The van der Waals surface area contributed by atoms with Crippen LogP contribution in [0.3, 0.4) is 0 Å². The lowest BCUT2D eigenvalue weighted by Crippen LogP contribution is -2.12. The maximum atomic E-state index is 12.8. The van der Waals surface area contributed by atoms with Gasteiger partial charge in [-0.05, 0) is 49.6 Å². The molecular weight excluding hydrogens is 414 g/mol. The van der Waals surface area contributed by atoms with Crippen molar-refractivity contribution < 1.29 is 4.79 Å². The quantitative estimate of drug-likeness (QED) is 0.355. The smallest absolute Gasteiger partial charge is 0.257 e. The van der Waals surface area contributed by atoms with Crippen molar-refractivity contribution in [3.05, 3.63) is 78.0 Å². The summed E-state index contributed by atoms with van der Waals surface area (Å²) in [6.07, 6.45) is 7.25. The van der Waals surface area contributed by atoms with Gasteiger partial charge in [0, 0.05) is 35.6 Å². The number of fused-ring (bicyclic) bond motifs is 2. The molecule has 8 heteroatoms. The van der Waals surface area contributed by atoms with Crippen molar-refractivity contribution in [2.75, 3.05) is 10.6 Å². The molecule has 0 radical (unpaired) electrons. The molecule has 1 fully saturated rings. The number of benzene rings is 2. The summed E-state index contributed by atoms with van der Waals surface area (Å²) in [5.41, 5.74) is 5.41. The Hall–Kier alpha value is -4.33. The normalized spacial score (nSPS) is 13.4. The van der Waals surface area contributed by atoms with E-state index in [1.807, 2.05) is 43.5 Å².